The molecule has 3 rings (SSSR count). The highest BCUT2D eigenvalue weighted by atomic mass is 16.2. The van der Waals surface area contributed by atoms with Crippen molar-refractivity contribution in [2.75, 3.05) is 19.6 Å². The van der Waals surface area contributed by atoms with Gasteiger partial charge in [0, 0.05) is 31.6 Å². The quantitative estimate of drug-likeness (QED) is 0.627. The first-order valence-corrected chi connectivity index (χ1v) is 10.6. The lowest BCUT2D eigenvalue weighted by Gasteiger charge is -2.24. The summed E-state index contributed by atoms with van der Waals surface area (Å²) in [5.41, 5.74) is 1.75. The van der Waals surface area contributed by atoms with Crippen molar-refractivity contribution in [2.24, 2.45) is 0 Å². The van der Waals surface area contributed by atoms with Gasteiger partial charge in [0.2, 0.25) is 11.8 Å². The zero-order valence-electron chi connectivity index (χ0n) is 17.2. The summed E-state index contributed by atoms with van der Waals surface area (Å²) in [6.07, 6.45) is 3.29. The zero-order chi connectivity index (χ0) is 21.2. The van der Waals surface area contributed by atoms with Crippen molar-refractivity contribution in [3.63, 3.8) is 0 Å². The van der Waals surface area contributed by atoms with Gasteiger partial charge < -0.3 is 15.5 Å². The van der Waals surface area contributed by atoms with Gasteiger partial charge in [-0.25, -0.2) is 0 Å². The predicted molar refractivity (Wildman–Crippen MR) is 116 cm³/mol. The van der Waals surface area contributed by atoms with Gasteiger partial charge in [0.1, 0.15) is 6.04 Å². The molecule has 1 saturated heterocycles. The second-order valence-electron chi connectivity index (χ2n) is 7.50. The van der Waals surface area contributed by atoms with E-state index in [0.29, 0.717) is 50.9 Å². The number of nitrogens with one attached hydrogen (secondary N) is 2. The lowest BCUT2D eigenvalue weighted by Crippen LogP contribution is -2.46. The summed E-state index contributed by atoms with van der Waals surface area (Å²) < 4.78 is 0. The highest BCUT2D eigenvalue weighted by molar-refractivity contribution is 5.94. The summed E-state index contributed by atoms with van der Waals surface area (Å²) in [7, 11) is 0. The molecule has 0 aliphatic carbocycles. The topological polar surface area (TPSA) is 78.5 Å². The Morgan fingerprint density at radius 3 is 2.30 bits per heavy atom. The van der Waals surface area contributed by atoms with E-state index < -0.39 is 0 Å². The number of benzene rings is 2. The van der Waals surface area contributed by atoms with Gasteiger partial charge in [-0.3, -0.25) is 14.4 Å². The molecule has 2 N–H and O–H groups in total. The van der Waals surface area contributed by atoms with E-state index in [1.165, 1.54) is 0 Å². The van der Waals surface area contributed by atoms with Gasteiger partial charge in [-0.2, -0.15) is 0 Å². The van der Waals surface area contributed by atoms with Crippen LogP contribution in [-0.2, 0) is 16.0 Å². The van der Waals surface area contributed by atoms with Gasteiger partial charge >= 0.3 is 0 Å². The maximum Gasteiger partial charge on any atom is 0.251 e. The lowest BCUT2D eigenvalue weighted by atomic mass is 10.1. The number of nitrogens with zero attached hydrogens (tertiary/aromatic N) is 1. The van der Waals surface area contributed by atoms with Crippen LogP contribution in [0.2, 0.25) is 0 Å². The maximum absolute atomic E-state index is 12.6. The van der Waals surface area contributed by atoms with Crippen LogP contribution in [0.3, 0.4) is 0 Å². The Labute approximate surface area is 177 Å². The molecule has 6 nitrogen and oxygen atoms in total. The molecule has 0 saturated carbocycles. The third-order valence-corrected chi connectivity index (χ3v) is 5.32. The molecule has 0 spiro atoms. The molecular formula is C24H29N3O3. The first kappa shape index (κ1) is 21.6. The number of carbonyl (C=O) groups is 3. The lowest BCUT2D eigenvalue weighted by molar-refractivity contribution is -0.138. The smallest absolute Gasteiger partial charge is 0.251 e. The number of likely N-dealkylation sites (tertiary alicyclic amines) is 1. The van der Waals surface area contributed by atoms with E-state index in [4.69, 9.17) is 0 Å². The minimum Gasteiger partial charge on any atom is -0.354 e. The average Bonchev–Trinajstić information content (AvgIpc) is 3.28. The zero-order valence-corrected chi connectivity index (χ0v) is 17.2. The molecule has 0 aromatic heterocycles. The molecule has 0 unspecified atom stereocenters. The summed E-state index contributed by atoms with van der Waals surface area (Å²) >= 11 is 0. The summed E-state index contributed by atoms with van der Waals surface area (Å²) in [6, 6.07) is 18.6. The SMILES string of the molecule is O=C(NCCCNC(=O)[C@@H]1CCCN1C(=O)CCc1ccccc1)c1ccccc1. The van der Waals surface area contributed by atoms with E-state index in [2.05, 4.69) is 10.6 Å². The first-order chi connectivity index (χ1) is 14.6. The minimum atomic E-state index is -0.382. The second-order valence-corrected chi connectivity index (χ2v) is 7.50. The Bertz CT molecular complexity index is 839. The van der Waals surface area contributed by atoms with Crippen molar-refractivity contribution in [1.82, 2.24) is 15.5 Å². The highest BCUT2D eigenvalue weighted by Crippen LogP contribution is 2.19. The van der Waals surface area contributed by atoms with Gasteiger partial charge in [-0.15, -0.1) is 0 Å². The van der Waals surface area contributed by atoms with Crippen LogP contribution in [0.4, 0.5) is 0 Å². The summed E-state index contributed by atoms with van der Waals surface area (Å²) in [5, 5.41) is 5.76. The fraction of sp³-hybridized carbons (Fsp3) is 0.375. The Kier molecular flexibility index (Phi) is 8.01. The number of rotatable bonds is 9. The van der Waals surface area contributed by atoms with Gasteiger partial charge in [0.15, 0.2) is 0 Å². The van der Waals surface area contributed by atoms with E-state index in [1.807, 2.05) is 48.5 Å². The second kappa shape index (κ2) is 11.1. The van der Waals surface area contributed by atoms with Crippen LogP contribution < -0.4 is 10.6 Å². The van der Waals surface area contributed by atoms with Crippen LogP contribution in [0.15, 0.2) is 60.7 Å². The average molecular weight is 408 g/mol. The predicted octanol–water partition coefficient (Wildman–Crippen LogP) is 2.55. The van der Waals surface area contributed by atoms with Crippen LogP contribution in [0, 0.1) is 0 Å². The molecule has 1 aliphatic heterocycles. The van der Waals surface area contributed by atoms with Crippen molar-refractivity contribution in [1.29, 1.82) is 0 Å². The molecule has 0 bridgehead atoms. The molecule has 30 heavy (non-hydrogen) atoms. The van der Waals surface area contributed by atoms with E-state index in [9.17, 15) is 14.4 Å². The van der Waals surface area contributed by atoms with Crippen LogP contribution in [0.25, 0.3) is 0 Å². The van der Waals surface area contributed by atoms with Gasteiger partial charge in [0.05, 0.1) is 0 Å². The third kappa shape index (κ3) is 6.17. The van der Waals surface area contributed by atoms with E-state index in [1.54, 1.807) is 17.0 Å². The molecule has 3 amide bonds. The third-order valence-electron chi connectivity index (χ3n) is 5.32. The number of amides is 3. The van der Waals surface area contributed by atoms with Crippen molar-refractivity contribution in [3.05, 3.63) is 71.8 Å². The van der Waals surface area contributed by atoms with Crippen LogP contribution in [-0.4, -0.2) is 48.3 Å². The van der Waals surface area contributed by atoms with Gasteiger partial charge in [0.25, 0.3) is 5.91 Å². The molecule has 1 heterocycles. The standard InChI is InChI=1S/C24H29N3O3/c28-22(15-14-19-9-3-1-4-10-19)27-18-7-13-21(27)24(30)26-17-8-16-25-23(29)20-11-5-2-6-12-20/h1-6,9-12,21H,7-8,13-18H2,(H,25,29)(H,26,30)/t21-/m0/s1. The summed E-state index contributed by atoms with van der Waals surface area (Å²) in [5.74, 6) is -0.186. The molecule has 2 aromatic rings. The minimum absolute atomic E-state index is 0.0339. The normalized spacial score (nSPS) is 15.6. The van der Waals surface area contributed by atoms with E-state index >= 15 is 0 Å². The van der Waals surface area contributed by atoms with Crippen molar-refractivity contribution in [2.45, 2.75) is 38.1 Å². The summed E-state index contributed by atoms with van der Waals surface area (Å²) in [4.78, 5) is 38.9. The maximum atomic E-state index is 12.6. The Morgan fingerprint density at radius 2 is 1.57 bits per heavy atom. The van der Waals surface area contributed by atoms with Gasteiger partial charge in [-0.1, -0.05) is 48.5 Å². The molecule has 158 valence electrons. The number of aryl methyl sites for hydroxylation is 1. The van der Waals surface area contributed by atoms with E-state index in [0.717, 1.165) is 12.0 Å². The molecule has 1 fully saturated rings. The van der Waals surface area contributed by atoms with Crippen molar-refractivity contribution < 1.29 is 14.4 Å². The highest BCUT2D eigenvalue weighted by Gasteiger charge is 2.33. The molecule has 6 heteroatoms. The molecule has 1 atom stereocenters. The molecular weight excluding hydrogens is 378 g/mol. The fourth-order valence-electron chi connectivity index (χ4n) is 3.69. The van der Waals surface area contributed by atoms with Crippen molar-refractivity contribution in [3.8, 4) is 0 Å². The van der Waals surface area contributed by atoms with Crippen molar-refractivity contribution >= 4 is 17.7 Å². The van der Waals surface area contributed by atoms with Gasteiger partial charge in [-0.05, 0) is 43.4 Å². The Morgan fingerprint density at radius 1 is 0.900 bits per heavy atom. The molecule has 1 aliphatic rings. The number of hydrogen-bond acceptors (Lipinski definition) is 3. The Balaban J connectivity index is 1.36. The monoisotopic (exact) mass is 407 g/mol. The largest absolute Gasteiger partial charge is 0.354 e. The number of hydrogen-bond donors (Lipinski definition) is 2. The van der Waals surface area contributed by atoms with Crippen LogP contribution in [0.5, 0.6) is 0 Å². The molecule has 2 aromatic carbocycles. The van der Waals surface area contributed by atoms with E-state index in [-0.39, 0.29) is 23.8 Å². The molecule has 0 radical (unpaired) electrons. The number of carbonyl (C=O) groups excluding carboxylic acids is 3. The summed E-state index contributed by atoms with van der Waals surface area (Å²) in [6.45, 7) is 1.59. The first-order valence-electron chi connectivity index (χ1n) is 10.6. The fourth-order valence-corrected chi connectivity index (χ4v) is 3.69. The van der Waals surface area contributed by atoms with Crippen LogP contribution in [0.1, 0.15) is 41.6 Å². The Hall–Kier alpha value is -3.15. The van der Waals surface area contributed by atoms with Crippen LogP contribution >= 0.6 is 0 Å².